The number of nitrogens with one attached hydrogen (secondary N) is 1. The molecule has 0 bridgehead atoms. The minimum Gasteiger partial charge on any atom is -0.484 e. The van der Waals surface area contributed by atoms with Crippen LogP contribution in [0.4, 0.5) is 4.39 Å². The van der Waals surface area contributed by atoms with Crippen LogP contribution in [0.25, 0.3) is 0 Å². The fraction of sp³-hybridized carbons (Fsp3) is 0.625. The van der Waals surface area contributed by atoms with Gasteiger partial charge in [-0.2, -0.15) is 0 Å². The Morgan fingerprint density at radius 1 is 1.32 bits per heavy atom. The number of hydrogen-bond acceptors (Lipinski definition) is 2. The Hall–Kier alpha value is -1.09. The average molecular weight is 265 g/mol. The topological polar surface area (TPSA) is 21.3 Å². The monoisotopic (exact) mass is 265 g/mol. The van der Waals surface area contributed by atoms with E-state index in [1.807, 2.05) is 6.07 Å². The van der Waals surface area contributed by atoms with Crippen LogP contribution < -0.4 is 10.1 Å². The Labute approximate surface area is 115 Å². The van der Waals surface area contributed by atoms with Gasteiger partial charge in [-0.05, 0) is 63.7 Å². The molecule has 0 aliphatic heterocycles. The van der Waals surface area contributed by atoms with Crippen molar-refractivity contribution in [2.24, 2.45) is 0 Å². The lowest BCUT2D eigenvalue weighted by Crippen LogP contribution is -2.45. The first-order chi connectivity index (χ1) is 9.17. The van der Waals surface area contributed by atoms with Gasteiger partial charge in [-0.15, -0.1) is 0 Å². The Bertz CT molecular complexity index is 415. The first kappa shape index (κ1) is 14.3. The van der Waals surface area contributed by atoms with E-state index in [4.69, 9.17) is 4.74 Å². The van der Waals surface area contributed by atoms with Crippen LogP contribution in [0.5, 0.6) is 5.75 Å². The van der Waals surface area contributed by atoms with Crippen molar-refractivity contribution in [2.75, 3.05) is 13.1 Å². The summed E-state index contributed by atoms with van der Waals surface area (Å²) in [5.41, 5.74) is 0.506. The number of aryl methyl sites for hydroxylation is 1. The van der Waals surface area contributed by atoms with Crippen LogP contribution in [0.1, 0.15) is 44.6 Å². The van der Waals surface area contributed by atoms with E-state index in [1.54, 1.807) is 19.1 Å². The number of halogens is 1. The van der Waals surface area contributed by atoms with E-state index >= 15 is 0 Å². The lowest BCUT2D eigenvalue weighted by atomic mass is 9.77. The Morgan fingerprint density at radius 2 is 2.11 bits per heavy atom. The van der Waals surface area contributed by atoms with Gasteiger partial charge >= 0.3 is 0 Å². The molecule has 0 saturated heterocycles. The fourth-order valence-corrected chi connectivity index (χ4v) is 2.52. The van der Waals surface area contributed by atoms with Crippen molar-refractivity contribution in [1.82, 2.24) is 5.32 Å². The highest BCUT2D eigenvalue weighted by Gasteiger charge is 2.39. The molecule has 106 valence electrons. The van der Waals surface area contributed by atoms with Crippen LogP contribution in [-0.4, -0.2) is 18.7 Å². The highest BCUT2D eigenvalue weighted by atomic mass is 19.1. The lowest BCUT2D eigenvalue weighted by Gasteiger charge is -2.42. The van der Waals surface area contributed by atoms with Crippen molar-refractivity contribution in [3.05, 3.63) is 29.6 Å². The van der Waals surface area contributed by atoms with Gasteiger partial charge in [-0.25, -0.2) is 4.39 Å². The minimum atomic E-state index is -0.213. The van der Waals surface area contributed by atoms with E-state index in [1.165, 1.54) is 6.42 Å². The summed E-state index contributed by atoms with van der Waals surface area (Å²) in [4.78, 5) is 0. The van der Waals surface area contributed by atoms with Crippen molar-refractivity contribution in [2.45, 2.75) is 51.6 Å². The van der Waals surface area contributed by atoms with Gasteiger partial charge in [0, 0.05) is 0 Å². The van der Waals surface area contributed by atoms with Gasteiger partial charge in [0.25, 0.3) is 0 Å². The molecule has 3 heteroatoms. The van der Waals surface area contributed by atoms with E-state index in [0.29, 0.717) is 11.3 Å². The molecule has 2 nitrogen and oxygen atoms in total. The SMILES string of the molecule is CCCNCCC1(Oc2cccc(C)c2F)CCC1. The summed E-state index contributed by atoms with van der Waals surface area (Å²) in [5, 5.41) is 3.40. The molecular formula is C16H24FNO. The molecule has 1 aliphatic rings. The molecule has 2 rings (SSSR count). The molecular weight excluding hydrogens is 241 g/mol. The van der Waals surface area contributed by atoms with Gasteiger partial charge in [0.15, 0.2) is 11.6 Å². The minimum absolute atomic E-state index is 0.143. The first-order valence-electron chi connectivity index (χ1n) is 7.32. The molecule has 0 amide bonds. The van der Waals surface area contributed by atoms with Gasteiger partial charge < -0.3 is 10.1 Å². The molecule has 0 atom stereocenters. The van der Waals surface area contributed by atoms with Crippen molar-refractivity contribution in [3.8, 4) is 5.75 Å². The van der Waals surface area contributed by atoms with E-state index in [0.717, 1.165) is 38.8 Å². The van der Waals surface area contributed by atoms with Crippen LogP contribution >= 0.6 is 0 Å². The molecule has 1 aliphatic carbocycles. The largest absolute Gasteiger partial charge is 0.484 e. The normalized spacial score (nSPS) is 17.0. The average Bonchev–Trinajstić information content (AvgIpc) is 2.36. The molecule has 0 radical (unpaired) electrons. The van der Waals surface area contributed by atoms with Gasteiger partial charge in [-0.3, -0.25) is 0 Å². The standard InChI is InChI=1S/C16H24FNO/c1-3-11-18-12-10-16(8-5-9-16)19-14-7-4-6-13(2)15(14)17/h4,6-7,18H,3,5,8-12H2,1-2H3. The second-order valence-electron chi connectivity index (χ2n) is 5.53. The first-order valence-corrected chi connectivity index (χ1v) is 7.32. The van der Waals surface area contributed by atoms with E-state index in [9.17, 15) is 4.39 Å². The summed E-state index contributed by atoms with van der Waals surface area (Å²) in [6.07, 6.45) is 5.35. The van der Waals surface area contributed by atoms with Crippen LogP contribution in [0, 0.1) is 12.7 Å². The quantitative estimate of drug-likeness (QED) is 0.757. The maximum Gasteiger partial charge on any atom is 0.167 e. The van der Waals surface area contributed by atoms with E-state index < -0.39 is 0 Å². The van der Waals surface area contributed by atoms with Crippen LogP contribution in [0.2, 0.25) is 0 Å². The van der Waals surface area contributed by atoms with Crippen molar-refractivity contribution in [3.63, 3.8) is 0 Å². The summed E-state index contributed by atoms with van der Waals surface area (Å²) in [6.45, 7) is 5.92. The Kier molecular flexibility index (Phi) is 4.81. The van der Waals surface area contributed by atoms with Gasteiger partial charge in [0.2, 0.25) is 0 Å². The maximum absolute atomic E-state index is 14.0. The predicted octanol–water partition coefficient (Wildman–Crippen LogP) is 3.83. The molecule has 1 aromatic carbocycles. The van der Waals surface area contributed by atoms with Crippen LogP contribution in [-0.2, 0) is 0 Å². The summed E-state index contributed by atoms with van der Waals surface area (Å²) >= 11 is 0. The Balaban J connectivity index is 1.96. The van der Waals surface area contributed by atoms with Gasteiger partial charge in [-0.1, -0.05) is 19.1 Å². The smallest absolute Gasteiger partial charge is 0.167 e. The zero-order valence-electron chi connectivity index (χ0n) is 12.0. The van der Waals surface area contributed by atoms with E-state index in [2.05, 4.69) is 12.2 Å². The molecule has 0 spiro atoms. The molecule has 1 N–H and O–H groups in total. The number of benzene rings is 1. The highest BCUT2D eigenvalue weighted by Crippen LogP contribution is 2.40. The maximum atomic E-state index is 14.0. The predicted molar refractivity (Wildman–Crippen MR) is 76.1 cm³/mol. The number of rotatable bonds is 7. The third-order valence-corrected chi connectivity index (χ3v) is 3.93. The molecule has 0 aromatic heterocycles. The van der Waals surface area contributed by atoms with Crippen molar-refractivity contribution >= 4 is 0 Å². The van der Waals surface area contributed by atoms with E-state index in [-0.39, 0.29) is 11.4 Å². The second kappa shape index (κ2) is 6.38. The number of ether oxygens (including phenoxy) is 1. The lowest BCUT2D eigenvalue weighted by molar-refractivity contribution is -0.0171. The molecule has 1 saturated carbocycles. The highest BCUT2D eigenvalue weighted by molar-refractivity contribution is 5.31. The molecule has 0 unspecified atom stereocenters. The van der Waals surface area contributed by atoms with Crippen LogP contribution in [0.15, 0.2) is 18.2 Å². The number of hydrogen-bond donors (Lipinski definition) is 1. The third kappa shape index (κ3) is 3.47. The summed E-state index contributed by atoms with van der Waals surface area (Å²) in [5.74, 6) is 0.200. The summed E-state index contributed by atoms with van der Waals surface area (Å²) in [6, 6.07) is 5.37. The molecule has 19 heavy (non-hydrogen) atoms. The van der Waals surface area contributed by atoms with Crippen molar-refractivity contribution in [1.29, 1.82) is 0 Å². The fourth-order valence-electron chi connectivity index (χ4n) is 2.52. The van der Waals surface area contributed by atoms with Gasteiger partial charge in [0.05, 0.1) is 0 Å². The zero-order chi connectivity index (χ0) is 13.7. The van der Waals surface area contributed by atoms with Crippen LogP contribution in [0.3, 0.4) is 0 Å². The molecule has 1 fully saturated rings. The summed E-state index contributed by atoms with van der Waals surface area (Å²) < 4.78 is 20.0. The summed E-state index contributed by atoms with van der Waals surface area (Å²) in [7, 11) is 0. The van der Waals surface area contributed by atoms with Crippen molar-refractivity contribution < 1.29 is 9.13 Å². The zero-order valence-corrected chi connectivity index (χ0v) is 12.0. The Morgan fingerprint density at radius 3 is 2.74 bits per heavy atom. The molecule has 0 heterocycles. The molecule has 1 aromatic rings. The second-order valence-corrected chi connectivity index (χ2v) is 5.53. The van der Waals surface area contributed by atoms with Gasteiger partial charge in [0.1, 0.15) is 5.60 Å². The third-order valence-electron chi connectivity index (χ3n) is 3.93.